The molecular formula is C16H18ClNO. The maximum Gasteiger partial charge on any atom is 0.123 e. The van der Waals surface area contributed by atoms with Crippen LogP contribution in [0, 0.1) is 0 Å². The SMILES string of the molecule is COc1ccc(Cl)cc1C(N)CCc1ccccc1. The second-order valence-electron chi connectivity index (χ2n) is 4.52. The van der Waals surface area contributed by atoms with Crippen molar-refractivity contribution in [2.45, 2.75) is 18.9 Å². The Morgan fingerprint density at radius 2 is 1.89 bits per heavy atom. The summed E-state index contributed by atoms with van der Waals surface area (Å²) in [6, 6.07) is 15.8. The van der Waals surface area contributed by atoms with Crippen molar-refractivity contribution in [3.63, 3.8) is 0 Å². The Kier molecular flexibility index (Phi) is 4.83. The highest BCUT2D eigenvalue weighted by atomic mass is 35.5. The highest BCUT2D eigenvalue weighted by molar-refractivity contribution is 6.30. The number of ether oxygens (including phenoxy) is 1. The Hall–Kier alpha value is -1.51. The van der Waals surface area contributed by atoms with Gasteiger partial charge < -0.3 is 10.5 Å². The van der Waals surface area contributed by atoms with Gasteiger partial charge in [-0.15, -0.1) is 0 Å². The van der Waals surface area contributed by atoms with Crippen LogP contribution in [0.1, 0.15) is 23.6 Å². The topological polar surface area (TPSA) is 35.2 Å². The summed E-state index contributed by atoms with van der Waals surface area (Å²) in [4.78, 5) is 0. The molecule has 2 aromatic carbocycles. The van der Waals surface area contributed by atoms with Crippen LogP contribution < -0.4 is 10.5 Å². The largest absolute Gasteiger partial charge is 0.496 e. The van der Waals surface area contributed by atoms with Crippen molar-refractivity contribution in [3.05, 3.63) is 64.7 Å². The predicted molar refractivity (Wildman–Crippen MR) is 79.7 cm³/mol. The standard InChI is InChI=1S/C16H18ClNO/c1-19-16-10-8-13(17)11-14(16)15(18)9-7-12-5-3-2-4-6-12/h2-6,8,10-11,15H,7,9,18H2,1H3. The number of benzene rings is 2. The van der Waals surface area contributed by atoms with Crippen LogP contribution in [0.2, 0.25) is 5.02 Å². The Morgan fingerprint density at radius 1 is 1.16 bits per heavy atom. The van der Waals surface area contributed by atoms with E-state index in [-0.39, 0.29) is 6.04 Å². The van der Waals surface area contributed by atoms with Gasteiger partial charge >= 0.3 is 0 Å². The quantitative estimate of drug-likeness (QED) is 0.896. The van der Waals surface area contributed by atoms with E-state index >= 15 is 0 Å². The molecule has 0 heterocycles. The zero-order valence-electron chi connectivity index (χ0n) is 11.0. The van der Waals surface area contributed by atoms with Gasteiger partial charge in [0.2, 0.25) is 0 Å². The van der Waals surface area contributed by atoms with E-state index in [4.69, 9.17) is 22.1 Å². The molecule has 0 aliphatic rings. The van der Waals surface area contributed by atoms with Crippen LogP contribution in [-0.2, 0) is 6.42 Å². The van der Waals surface area contributed by atoms with Gasteiger partial charge in [0.25, 0.3) is 0 Å². The zero-order chi connectivity index (χ0) is 13.7. The molecule has 0 bridgehead atoms. The lowest BCUT2D eigenvalue weighted by atomic mass is 9.99. The van der Waals surface area contributed by atoms with Crippen LogP contribution in [0.4, 0.5) is 0 Å². The molecule has 100 valence electrons. The first kappa shape index (κ1) is 13.9. The minimum absolute atomic E-state index is 0.0751. The lowest BCUT2D eigenvalue weighted by Crippen LogP contribution is -2.12. The first-order valence-corrected chi connectivity index (χ1v) is 6.71. The number of methoxy groups -OCH3 is 1. The second kappa shape index (κ2) is 6.60. The first-order valence-electron chi connectivity index (χ1n) is 6.33. The van der Waals surface area contributed by atoms with Crippen molar-refractivity contribution >= 4 is 11.6 Å². The van der Waals surface area contributed by atoms with Gasteiger partial charge in [-0.1, -0.05) is 41.9 Å². The third-order valence-electron chi connectivity index (χ3n) is 3.18. The number of aryl methyl sites for hydroxylation is 1. The maximum atomic E-state index is 6.25. The Morgan fingerprint density at radius 3 is 2.58 bits per heavy atom. The number of hydrogen-bond acceptors (Lipinski definition) is 2. The molecule has 0 amide bonds. The monoisotopic (exact) mass is 275 g/mol. The van der Waals surface area contributed by atoms with Gasteiger partial charge in [0.05, 0.1) is 7.11 Å². The van der Waals surface area contributed by atoms with Crippen LogP contribution in [-0.4, -0.2) is 7.11 Å². The fourth-order valence-corrected chi connectivity index (χ4v) is 2.30. The van der Waals surface area contributed by atoms with E-state index in [1.54, 1.807) is 7.11 Å². The molecule has 1 atom stereocenters. The molecule has 2 N–H and O–H groups in total. The summed E-state index contributed by atoms with van der Waals surface area (Å²) in [6.45, 7) is 0. The molecule has 0 aliphatic carbocycles. The van der Waals surface area contributed by atoms with E-state index < -0.39 is 0 Å². The molecule has 2 aromatic rings. The Balaban J connectivity index is 2.07. The number of hydrogen-bond donors (Lipinski definition) is 1. The van der Waals surface area contributed by atoms with Crippen LogP contribution in [0.5, 0.6) is 5.75 Å². The third-order valence-corrected chi connectivity index (χ3v) is 3.41. The van der Waals surface area contributed by atoms with Gasteiger partial charge in [-0.25, -0.2) is 0 Å². The second-order valence-corrected chi connectivity index (χ2v) is 4.95. The zero-order valence-corrected chi connectivity index (χ0v) is 11.7. The molecule has 0 aromatic heterocycles. The van der Waals surface area contributed by atoms with E-state index in [9.17, 15) is 0 Å². The van der Waals surface area contributed by atoms with Gasteiger partial charge in [-0.3, -0.25) is 0 Å². The molecule has 1 unspecified atom stereocenters. The molecule has 0 radical (unpaired) electrons. The third kappa shape index (κ3) is 3.72. The maximum absolute atomic E-state index is 6.25. The molecule has 2 nitrogen and oxygen atoms in total. The van der Waals surface area contributed by atoms with Crippen LogP contribution >= 0.6 is 11.6 Å². The van der Waals surface area contributed by atoms with Crippen molar-refractivity contribution in [1.29, 1.82) is 0 Å². The average molecular weight is 276 g/mol. The highest BCUT2D eigenvalue weighted by Crippen LogP contribution is 2.29. The summed E-state index contributed by atoms with van der Waals surface area (Å²) in [7, 11) is 1.65. The van der Waals surface area contributed by atoms with E-state index in [1.165, 1.54) is 5.56 Å². The molecule has 3 heteroatoms. The molecule has 0 spiro atoms. The fraction of sp³-hybridized carbons (Fsp3) is 0.250. The molecule has 0 saturated heterocycles. The Labute approximate surface area is 119 Å². The number of nitrogens with two attached hydrogens (primary N) is 1. The van der Waals surface area contributed by atoms with Crippen molar-refractivity contribution in [2.75, 3.05) is 7.11 Å². The fourth-order valence-electron chi connectivity index (χ4n) is 2.12. The normalized spacial score (nSPS) is 12.2. The summed E-state index contributed by atoms with van der Waals surface area (Å²) in [6.07, 6.45) is 1.80. The number of halogens is 1. The smallest absolute Gasteiger partial charge is 0.123 e. The van der Waals surface area contributed by atoms with Gasteiger partial charge in [0.1, 0.15) is 5.75 Å². The van der Waals surface area contributed by atoms with E-state index in [2.05, 4.69) is 12.1 Å². The first-order chi connectivity index (χ1) is 9.20. The van der Waals surface area contributed by atoms with Gasteiger partial charge in [0, 0.05) is 16.6 Å². The van der Waals surface area contributed by atoms with Gasteiger partial charge in [-0.2, -0.15) is 0 Å². The molecule has 0 fully saturated rings. The van der Waals surface area contributed by atoms with E-state index in [0.29, 0.717) is 5.02 Å². The van der Waals surface area contributed by atoms with Crippen LogP contribution in [0.25, 0.3) is 0 Å². The molecule has 2 rings (SSSR count). The minimum atomic E-state index is -0.0751. The van der Waals surface area contributed by atoms with Crippen molar-refractivity contribution < 1.29 is 4.74 Å². The number of rotatable bonds is 5. The molecule has 0 saturated carbocycles. The highest BCUT2D eigenvalue weighted by Gasteiger charge is 2.12. The molecular weight excluding hydrogens is 258 g/mol. The lowest BCUT2D eigenvalue weighted by molar-refractivity contribution is 0.404. The van der Waals surface area contributed by atoms with Crippen molar-refractivity contribution in [1.82, 2.24) is 0 Å². The van der Waals surface area contributed by atoms with Crippen LogP contribution in [0.15, 0.2) is 48.5 Å². The summed E-state index contributed by atoms with van der Waals surface area (Å²) in [5.41, 5.74) is 8.50. The summed E-state index contributed by atoms with van der Waals surface area (Å²) >= 11 is 6.02. The summed E-state index contributed by atoms with van der Waals surface area (Å²) in [5, 5.41) is 0.686. The van der Waals surface area contributed by atoms with Gasteiger partial charge in [0.15, 0.2) is 0 Å². The predicted octanol–water partition coefficient (Wildman–Crippen LogP) is 3.98. The van der Waals surface area contributed by atoms with E-state index in [1.807, 2.05) is 36.4 Å². The Bertz CT molecular complexity index is 528. The average Bonchev–Trinajstić information content (AvgIpc) is 2.46. The summed E-state index contributed by atoms with van der Waals surface area (Å²) < 4.78 is 5.33. The molecule has 19 heavy (non-hydrogen) atoms. The molecule has 0 aliphatic heterocycles. The van der Waals surface area contributed by atoms with Crippen molar-refractivity contribution in [3.8, 4) is 5.75 Å². The van der Waals surface area contributed by atoms with Crippen LogP contribution in [0.3, 0.4) is 0 Å². The lowest BCUT2D eigenvalue weighted by Gasteiger charge is -2.16. The van der Waals surface area contributed by atoms with E-state index in [0.717, 1.165) is 24.2 Å². The van der Waals surface area contributed by atoms with Crippen molar-refractivity contribution in [2.24, 2.45) is 5.73 Å². The van der Waals surface area contributed by atoms with Gasteiger partial charge in [-0.05, 0) is 36.6 Å². The minimum Gasteiger partial charge on any atom is -0.496 e. The summed E-state index contributed by atoms with van der Waals surface area (Å²) in [5.74, 6) is 0.796.